The number of hydrogen-bond donors (Lipinski definition) is 1. The van der Waals surface area contributed by atoms with Gasteiger partial charge in [0.05, 0.1) is 24.0 Å². The van der Waals surface area contributed by atoms with Gasteiger partial charge in [0.2, 0.25) is 11.4 Å². The maximum atomic E-state index is 11.1. The fourth-order valence-corrected chi connectivity index (χ4v) is 3.35. The molecule has 2 aromatic rings. The first-order valence-corrected chi connectivity index (χ1v) is 8.63. The number of non-ortho nitro benzene ring substituents is 1. The van der Waals surface area contributed by atoms with E-state index in [1.165, 1.54) is 6.07 Å². The summed E-state index contributed by atoms with van der Waals surface area (Å²) >= 11 is 0. The third kappa shape index (κ3) is 3.99. The summed E-state index contributed by atoms with van der Waals surface area (Å²) < 4.78 is 7.18. The van der Waals surface area contributed by atoms with Gasteiger partial charge in [-0.15, -0.1) is 0 Å². The van der Waals surface area contributed by atoms with E-state index in [1.54, 1.807) is 25.5 Å². The van der Waals surface area contributed by atoms with Crippen molar-refractivity contribution >= 4 is 23.3 Å². The Labute approximate surface area is 170 Å². The van der Waals surface area contributed by atoms with Gasteiger partial charge in [-0.2, -0.15) is 9.68 Å². The minimum atomic E-state index is -0.374. The smallest absolute Gasteiger partial charge is 0.270 e. The number of nitro groups is 1. The van der Waals surface area contributed by atoms with Gasteiger partial charge in [-0.25, -0.2) is 0 Å². The number of nitrogens with one attached hydrogen (secondary N) is 1. The summed E-state index contributed by atoms with van der Waals surface area (Å²) in [6, 6.07) is 12.8. The van der Waals surface area contributed by atoms with Gasteiger partial charge in [-0.1, -0.05) is 12.1 Å². The van der Waals surface area contributed by atoms with E-state index in [0.717, 1.165) is 28.3 Å². The molecule has 0 atom stereocenters. The summed E-state index contributed by atoms with van der Waals surface area (Å²) in [6.07, 6.45) is 1.79. The normalized spacial score (nSPS) is 14.6. The van der Waals surface area contributed by atoms with E-state index in [4.69, 9.17) is 4.74 Å². The maximum Gasteiger partial charge on any atom is 0.270 e. The average molecular weight is 403 g/mol. The average Bonchev–Trinajstić information content (AvgIpc) is 2.85. The largest absolute Gasteiger partial charge is 1.00 e. The van der Waals surface area contributed by atoms with Crippen LogP contribution in [0.15, 0.2) is 47.6 Å². The van der Waals surface area contributed by atoms with Crippen LogP contribution in [0.4, 0.5) is 11.4 Å². The zero-order valence-corrected chi connectivity index (χ0v) is 17.0. The maximum absolute atomic E-state index is 11.1. The molecule has 1 aliphatic rings. The Kier molecular flexibility index (Phi) is 6.41. The van der Waals surface area contributed by atoms with E-state index >= 15 is 0 Å². The quantitative estimate of drug-likeness (QED) is 0.328. The summed E-state index contributed by atoms with van der Waals surface area (Å²) in [5.41, 5.74) is 6.74. The number of halogens is 1. The zero-order chi connectivity index (χ0) is 19.6. The number of fused-ring (bicyclic) bond motifs is 1. The number of hydrogen-bond acceptors (Lipinski definition) is 5. The van der Waals surface area contributed by atoms with Crippen LogP contribution in [0.2, 0.25) is 0 Å². The Hall–Kier alpha value is -2.93. The predicted octanol–water partition coefficient (Wildman–Crippen LogP) is 0.389. The van der Waals surface area contributed by atoms with E-state index in [9.17, 15) is 10.1 Å². The summed E-state index contributed by atoms with van der Waals surface area (Å²) in [6.45, 7) is 4.68. The second-order valence-electron chi connectivity index (χ2n) is 6.97. The van der Waals surface area contributed by atoms with Crippen LogP contribution in [0.1, 0.15) is 25.0 Å². The van der Waals surface area contributed by atoms with Gasteiger partial charge >= 0.3 is 0 Å². The van der Waals surface area contributed by atoms with Crippen LogP contribution in [-0.2, 0) is 12.0 Å². The molecule has 0 aliphatic carbocycles. The Morgan fingerprint density at radius 3 is 2.54 bits per heavy atom. The fraction of sp³-hybridized carbons (Fsp3) is 0.300. The molecule has 28 heavy (non-hydrogen) atoms. The highest BCUT2D eigenvalue weighted by Crippen LogP contribution is 2.40. The minimum Gasteiger partial charge on any atom is -1.00 e. The van der Waals surface area contributed by atoms with Crippen LogP contribution < -0.4 is 22.6 Å². The Morgan fingerprint density at radius 1 is 1.25 bits per heavy atom. The van der Waals surface area contributed by atoms with Crippen molar-refractivity contribution in [1.29, 1.82) is 0 Å². The molecule has 0 spiro atoms. The third-order valence-corrected chi connectivity index (χ3v) is 4.95. The van der Waals surface area contributed by atoms with Gasteiger partial charge in [-0.3, -0.25) is 10.1 Å². The van der Waals surface area contributed by atoms with Crippen molar-refractivity contribution in [2.75, 3.05) is 14.2 Å². The number of hydrazone groups is 1. The molecule has 1 aliphatic heterocycles. The molecule has 0 saturated carbocycles. The number of nitrogens with zero attached hydrogens (tertiary/aromatic N) is 3. The molecule has 8 heteroatoms. The first-order valence-electron chi connectivity index (χ1n) is 8.63. The Morgan fingerprint density at radius 2 is 1.93 bits per heavy atom. The minimum absolute atomic E-state index is 0. The lowest BCUT2D eigenvalue weighted by Crippen LogP contribution is -3.00. The Balaban J connectivity index is 0.00000280. The molecule has 2 aromatic carbocycles. The van der Waals surface area contributed by atoms with Gasteiger partial charge in [0.15, 0.2) is 0 Å². The lowest BCUT2D eigenvalue weighted by molar-refractivity contribution is -0.401. The van der Waals surface area contributed by atoms with Gasteiger partial charge in [0.1, 0.15) is 19.0 Å². The molecule has 148 valence electrons. The number of benzene rings is 2. The van der Waals surface area contributed by atoms with Crippen LogP contribution in [0.5, 0.6) is 5.75 Å². The van der Waals surface area contributed by atoms with E-state index in [-0.39, 0.29) is 28.4 Å². The lowest BCUT2D eigenvalue weighted by Gasteiger charge is -2.14. The topological polar surface area (TPSA) is 79.8 Å². The van der Waals surface area contributed by atoms with Crippen LogP contribution in [0, 0.1) is 10.1 Å². The fourth-order valence-electron chi connectivity index (χ4n) is 3.35. The Bertz CT molecular complexity index is 937. The highest BCUT2D eigenvalue weighted by Gasteiger charge is 2.44. The zero-order valence-electron chi connectivity index (χ0n) is 16.3. The molecule has 1 N–H and O–H groups in total. The molecule has 0 saturated heterocycles. The van der Waals surface area contributed by atoms with Crippen LogP contribution >= 0.6 is 0 Å². The number of ether oxygens (including phenoxy) is 1. The third-order valence-electron chi connectivity index (χ3n) is 4.95. The van der Waals surface area contributed by atoms with Crippen LogP contribution in [0.25, 0.3) is 0 Å². The molecule has 3 rings (SSSR count). The molecule has 1 heterocycles. The molecular weight excluding hydrogens is 380 g/mol. The molecule has 0 fully saturated rings. The summed E-state index contributed by atoms with van der Waals surface area (Å²) in [7, 11) is 3.59. The molecule has 0 radical (unpaired) electrons. The van der Waals surface area contributed by atoms with Crippen LogP contribution in [0.3, 0.4) is 0 Å². The van der Waals surface area contributed by atoms with Crippen molar-refractivity contribution < 1.29 is 26.6 Å². The SMILES string of the molecule is COc1ccc(CNN=CC2=[N+](C)c3ccc([N+](=O)[O-])cc3C2(C)C)cc1.[Cl-]. The second kappa shape index (κ2) is 8.39. The first kappa shape index (κ1) is 21.4. The molecule has 7 nitrogen and oxygen atoms in total. The highest BCUT2D eigenvalue weighted by atomic mass is 35.5. The monoisotopic (exact) mass is 402 g/mol. The highest BCUT2D eigenvalue weighted by molar-refractivity contribution is 6.33. The van der Waals surface area contributed by atoms with Crippen molar-refractivity contribution in [2.45, 2.75) is 25.8 Å². The molecule has 0 bridgehead atoms. The standard InChI is InChI=1S/C20H22N4O3.ClH/c1-20(2)17-11-15(24(25)26)7-10-18(17)23(3)19(20)13-22-21-12-14-5-8-16(27-4)9-6-14;/h5-11,13H,12H2,1-4H3;1H. The number of rotatable bonds is 6. The van der Waals surface area contributed by atoms with Crippen molar-refractivity contribution in [1.82, 2.24) is 5.43 Å². The van der Waals surface area contributed by atoms with Gasteiger partial charge in [-0.05, 0) is 31.5 Å². The number of methoxy groups -OCH3 is 1. The van der Waals surface area contributed by atoms with Gasteiger partial charge in [0.25, 0.3) is 5.69 Å². The van der Waals surface area contributed by atoms with Crippen molar-refractivity contribution in [3.8, 4) is 5.75 Å². The van der Waals surface area contributed by atoms with Gasteiger partial charge in [0, 0.05) is 23.8 Å². The first-order chi connectivity index (χ1) is 12.8. The lowest BCUT2D eigenvalue weighted by atomic mass is 9.82. The predicted molar refractivity (Wildman–Crippen MR) is 105 cm³/mol. The molecule has 0 unspecified atom stereocenters. The van der Waals surface area contributed by atoms with E-state index in [0.29, 0.717) is 6.54 Å². The van der Waals surface area contributed by atoms with Crippen LogP contribution in [-0.4, -0.2) is 35.6 Å². The molecule has 0 amide bonds. The van der Waals surface area contributed by atoms with Crippen molar-refractivity contribution in [3.05, 3.63) is 63.7 Å². The summed E-state index contributed by atoms with van der Waals surface area (Å²) in [4.78, 5) is 10.7. The van der Waals surface area contributed by atoms with Crippen molar-refractivity contribution in [2.24, 2.45) is 5.10 Å². The number of nitro benzene ring substituents is 1. The van der Waals surface area contributed by atoms with E-state index in [1.807, 2.05) is 49.7 Å². The van der Waals surface area contributed by atoms with E-state index in [2.05, 4.69) is 10.5 Å². The molecule has 0 aromatic heterocycles. The summed E-state index contributed by atoms with van der Waals surface area (Å²) in [5, 5.41) is 15.5. The van der Waals surface area contributed by atoms with Crippen molar-refractivity contribution in [3.63, 3.8) is 0 Å². The molecular formula is C20H23ClN4O3. The summed E-state index contributed by atoms with van der Waals surface area (Å²) in [5.74, 6) is 0.819. The second-order valence-corrected chi connectivity index (χ2v) is 6.97. The van der Waals surface area contributed by atoms with Gasteiger partial charge < -0.3 is 22.6 Å². The van der Waals surface area contributed by atoms with E-state index < -0.39 is 0 Å².